The van der Waals surface area contributed by atoms with Crippen LogP contribution in [0.25, 0.3) is 10.8 Å². The van der Waals surface area contributed by atoms with Gasteiger partial charge in [0.15, 0.2) is 0 Å². The summed E-state index contributed by atoms with van der Waals surface area (Å²) in [4.78, 5) is 0. The number of allylic oxidation sites excluding steroid dienone is 4. The van der Waals surface area contributed by atoms with Gasteiger partial charge < -0.3 is 14.9 Å². The molecule has 0 atom stereocenters. The third-order valence-corrected chi connectivity index (χ3v) is 3.02. The van der Waals surface area contributed by atoms with Crippen molar-refractivity contribution in [2.24, 2.45) is 0 Å². The zero-order chi connectivity index (χ0) is 15.7. The average Bonchev–Trinajstić information content (AvgIpc) is 3.11. The third-order valence-electron chi connectivity index (χ3n) is 3.02. The Hall–Kier alpha value is -0.01000. The second kappa shape index (κ2) is 14.3. The molecule has 0 heterocycles. The van der Waals surface area contributed by atoms with E-state index in [1.807, 2.05) is 12.2 Å². The Labute approximate surface area is 159 Å². The van der Waals surface area contributed by atoms with Crippen molar-refractivity contribution in [3.63, 3.8) is 0 Å². The summed E-state index contributed by atoms with van der Waals surface area (Å²) < 4.78 is 0. The SMILES string of the molecule is CCc1cc2c(C)cccc2[cH-]1.[C-]1=CC=CC1.[CH3-].[CH3-].[Si]=[Zr]([Cl])[Cl]. The molecule has 0 aromatic heterocycles. The van der Waals surface area contributed by atoms with Crippen LogP contribution in [0.5, 0.6) is 0 Å². The van der Waals surface area contributed by atoms with Crippen LogP contribution in [0.15, 0.2) is 48.6 Å². The van der Waals surface area contributed by atoms with Crippen LogP contribution in [0.3, 0.4) is 0 Å². The van der Waals surface area contributed by atoms with Crippen molar-refractivity contribution >= 4 is 34.7 Å². The van der Waals surface area contributed by atoms with E-state index in [0.29, 0.717) is 0 Å². The molecule has 0 bridgehead atoms. The van der Waals surface area contributed by atoms with Crippen molar-refractivity contribution in [2.75, 3.05) is 0 Å². The number of aryl methyl sites for hydroxylation is 2. The minimum atomic E-state index is -1.79. The average molecular weight is 443 g/mol. The number of fused-ring (bicyclic) bond motifs is 1. The second-order valence-corrected chi connectivity index (χ2v) is 18.2. The maximum absolute atomic E-state index is 5.15. The Kier molecular flexibility index (Phi) is 15.7. The molecule has 2 radical (unpaired) electrons. The van der Waals surface area contributed by atoms with Gasteiger partial charge in [-0.15, -0.1) is 41.0 Å². The van der Waals surface area contributed by atoms with Crippen molar-refractivity contribution in [3.05, 3.63) is 80.6 Å². The first kappa shape index (κ1) is 25.2. The van der Waals surface area contributed by atoms with E-state index in [2.05, 4.69) is 63.2 Å². The molecular weight excluding hydrogens is 418 g/mol. The van der Waals surface area contributed by atoms with Gasteiger partial charge in [-0.1, -0.05) is 18.6 Å². The van der Waals surface area contributed by atoms with Gasteiger partial charge in [0.25, 0.3) is 0 Å². The molecule has 3 rings (SSSR count). The number of rotatable bonds is 1. The standard InChI is InChI=1S/C12H13.C5H5.2CH3.2ClH.Si.Zr/c1-3-10-7-11-6-4-5-9(2)12(11)8-10;1-2-4-5-3-1;;;;;;/h4-8H,3H2,1-2H3;1-3H,4H2;2*1H3;2*1H;;/q4*-1;;;;+2/p-2. The van der Waals surface area contributed by atoms with Crippen molar-refractivity contribution < 1.29 is 18.0 Å². The van der Waals surface area contributed by atoms with Gasteiger partial charge in [0.05, 0.1) is 0 Å². The molecule has 2 aromatic rings. The van der Waals surface area contributed by atoms with Gasteiger partial charge in [0, 0.05) is 0 Å². The van der Waals surface area contributed by atoms with Gasteiger partial charge in [-0.05, 0) is 13.3 Å². The summed E-state index contributed by atoms with van der Waals surface area (Å²) in [6, 6.07) is 11.0. The van der Waals surface area contributed by atoms with Gasteiger partial charge in [-0.3, -0.25) is 6.08 Å². The van der Waals surface area contributed by atoms with Crippen LogP contribution in [-0.2, 0) is 24.4 Å². The molecule has 0 nitrogen and oxygen atoms in total. The van der Waals surface area contributed by atoms with Crippen LogP contribution in [0.1, 0.15) is 24.5 Å². The summed E-state index contributed by atoms with van der Waals surface area (Å²) in [5, 5.41) is 2.79. The molecule has 0 fully saturated rings. The summed E-state index contributed by atoms with van der Waals surface area (Å²) in [5.41, 5.74) is 2.83. The van der Waals surface area contributed by atoms with Crippen LogP contribution < -0.4 is 0 Å². The summed E-state index contributed by atoms with van der Waals surface area (Å²) >= 11 is -1.79. The summed E-state index contributed by atoms with van der Waals surface area (Å²) in [6.45, 7) is 7.41. The van der Waals surface area contributed by atoms with E-state index in [4.69, 9.17) is 17.0 Å². The van der Waals surface area contributed by atoms with E-state index in [-0.39, 0.29) is 14.9 Å². The van der Waals surface area contributed by atoms with Gasteiger partial charge in [-0.2, -0.15) is 12.1 Å². The van der Waals surface area contributed by atoms with E-state index < -0.39 is 18.0 Å². The Balaban J connectivity index is 0. The molecule has 4 heteroatoms. The van der Waals surface area contributed by atoms with Crippen molar-refractivity contribution in [2.45, 2.75) is 26.7 Å². The zero-order valence-electron chi connectivity index (χ0n) is 14.3. The Bertz CT molecular complexity index is 628. The van der Waals surface area contributed by atoms with Crippen molar-refractivity contribution in [1.82, 2.24) is 0 Å². The van der Waals surface area contributed by atoms with E-state index in [0.717, 1.165) is 12.8 Å². The molecule has 0 saturated carbocycles. The minimum absolute atomic E-state index is 0. The van der Waals surface area contributed by atoms with E-state index in [1.165, 1.54) is 21.9 Å². The summed E-state index contributed by atoms with van der Waals surface area (Å²) in [6.07, 6.45) is 11.1. The van der Waals surface area contributed by atoms with Crippen LogP contribution in [-0.4, -0.2) is 6.88 Å². The zero-order valence-corrected chi connectivity index (χ0v) is 19.3. The molecular formula is C19H24Cl2SiZr-4. The molecule has 1 aliphatic carbocycles. The topological polar surface area (TPSA) is 0 Å². The van der Waals surface area contributed by atoms with Crippen LogP contribution >= 0.6 is 17.0 Å². The van der Waals surface area contributed by atoms with E-state index in [9.17, 15) is 0 Å². The first-order valence-corrected chi connectivity index (χ1v) is 17.3. The Morgan fingerprint density at radius 2 is 1.96 bits per heavy atom. The monoisotopic (exact) mass is 440 g/mol. The fourth-order valence-corrected chi connectivity index (χ4v) is 2.00. The molecule has 23 heavy (non-hydrogen) atoms. The Morgan fingerprint density at radius 3 is 2.35 bits per heavy atom. The number of halogens is 2. The molecule has 0 amide bonds. The Morgan fingerprint density at radius 1 is 1.30 bits per heavy atom. The van der Waals surface area contributed by atoms with Crippen LogP contribution in [0.2, 0.25) is 0 Å². The molecule has 2 aromatic carbocycles. The first-order valence-electron chi connectivity index (χ1n) is 6.80. The molecule has 0 N–H and O–H groups in total. The van der Waals surface area contributed by atoms with Gasteiger partial charge in [-0.25, -0.2) is 12.2 Å². The molecule has 0 saturated heterocycles. The fourth-order valence-electron chi connectivity index (χ4n) is 2.00. The number of benzene rings is 1. The molecule has 0 unspecified atom stereocenters. The summed E-state index contributed by atoms with van der Waals surface area (Å²) in [5.74, 6) is 0. The second-order valence-electron chi connectivity index (χ2n) is 4.56. The molecule has 0 spiro atoms. The van der Waals surface area contributed by atoms with Crippen molar-refractivity contribution in [1.29, 1.82) is 0 Å². The van der Waals surface area contributed by atoms with Gasteiger partial charge >= 0.3 is 41.9 Å². The van der Waals surface area contributed by atoms with Gasteiger partial charge in [0.1, 0.15) is 0 Å². The third kappa shape index (κ3) is 10.5. The quantitative estimate of drug-likeness (QED) is 0.343. The maximum atomic E-state index is 5.15. The van der Waals surface area contributed by atoms with Crippen LogP contribution in [0.4, 0.5) is 0 Å². The van der Waals surface area contributed by atoms with E-state index >= 15 is 0 Å². The van der Waals surface area contributed by atoms with Crippen molar-refractivity contribution in [3.8, 4) is 0 Å². The number of hydrogen-bond acceptors (Lipinski definition) is 0. The first-order chi connectivity index (χ1) is 10.0. The van der Waals surface area contributed by atoms with E-state index in [1.54, 1.807) is 0 Å². The fraction of sp³-hybridized carbons (Fsp3) is 0.211. The number of hydrogen-bond donors (Lipinski definition) is 0. The molecule has 0 aliphatic heterocycles. The predicted octanol–water partition coefficient (Wildman–Crippen LogP) is 6.63. The normalized spacial score (nSPS) is 10.6. The van der Waals surface area contributed by atoms with Gasteiger partial charge in [0.2, 0.25) is 0 Å². The van der Waals surface area contributed by atoms with Crippen LogP contribution in [0, 0.1) is 27.9 Å². The predicted molar refractivity (Wildman–Crippen MR) is 106 cm³/mol. The molecule has 1 aliphatic rings. The summed E-state index contributed by atoms with van der Waals surface area (Å²) in [7, 11) is 10.3. The molecule has 126 valence electrons.